The van der Waals surface area contributed by atoms with Gasteiger partial charge in [-0.2, -0.15) is 0 Å². The fourth-order valence-corrected chi connectivity index (χ4v) is 7.31. The Labute approximate surface area is 178 Å². The summed E-state index contributed by atoms with van der Waals surface area (Å²) in [5, 5.41) is 2.25. The first-order chi connectivity index (χ1) is 14.0. The number of hydrogen-bond donors (Lipinski definition) is 0. The van der Waals surface area contributed by atoms with Gasteiger partial charge in [-0.05, 0) is 0 Å². The summed E-state index contributed by atoms with van der Waals surface area (Å²) in [6.45, 7) is 8.34. The Morgan fingerprint density at radius 3 is 2.38 bits per heavy atom. The second-order valence-corrected chi connectivity index (χ2v) is 20.1. The van der Waals surface area contributed by atoms with Crippen molar-refractivity contribution in [2.24, 2.45) is 0 Å². The maximum absolute atomic E-state index is 8.75. The van der Waals surface area contributed by atoms with Crippen molar-refractivity contribution in [3.63, 3.8) is 0 Å². The van der Waals surface area contributed by atoms with Crippen LogP contribution < -0.4 is 4.40 Å². The van der Waals surface area contributed by atoms with Gasteiger partial charge in [-0.1, -0.05) is 0 Å². The van der Waals surface area contributed by atoms with E-state index in [2.05, 4.69) is 73.6 Å². The van der Waals surface area contributed by atoms with Gasteiger partial charge in [0.05, 0.1) is 0 Å². The van der Waals surface area contributed by atoms with Crippen molar-refractivity contribution in [2.75, 3.05) is 0 Å². The van der Waals surface area contributed by atoms with Crippen LogP contribution in [0.3, 0.4) is 0 Å². The Kier molecular flexibility index (Phi) is 4.78. The van der Waals surface area contributed by atoms with Crippen LogP contribution in [0.2, 0.25) is 17.3 Å². The molecule has 0 atom stereocenters. The van der Waals surface area contributed by atoms with E-state index in [0.29, 0.717) is 5.92 Å². The van der Waals surface area contributed by atoms with Gasteiger partial charge in [0.15, 0.2) is 0 Å². The quantitative estimate of drug-likeness (QED) is 0.304. The molecule has 0 fully saturated rings. The van der Waals surface area contributed by atoms with E-state index < -0.39 is 19.2 Å². The van der Waals surface area contributed by atoms with Crippen LogP contribution in [0.1, 0.15) is 52.0 Å². The molecule has 2 aromatic carbocycles. The fourth-order valence-electron chi connectivity index (χ4n) is 3.99. The van der Waals surface area contributed by atoms with E-state index >= 15 is 0 Å². The van der Waals surface area contributed by atoms with Gasteiger partial charge < -0.3 is 0 Å². The van der Waals surface area contributed by atoms with Crippen molar-refractivity contribution < 1.29 is 5.79 Å². The molecule has 150 valence electrons. The summed E-state index contributed by atoms with van der Waals surface area (Å²) in [5.41, 5.74) is 6.05. The van der Waals surface area contributed by atoms with Crippen molar-refractivity contribution in [3.8, 4) is 11.3 Å². The van der Waals surface area contributed by atoms with Crippen LogP contribution in [0.4, 0.5) is 0 Å². The zero-order valence-corrected chi connectivity index (χ0v) is 20.6. The van der Waals surface area contributed by atoms with E-state index in [9.17, 15) is 0 Å². The van der Waals surface area contributed by atoms with Crippen molar-refractivity contribution in [2.45, 2.75) is 56.8 Å². The molecule has 2 aromatic heterocycles. The summed E-state index contributed by atoms with van der Waals surface area (Å²) in [6.07, 6.45) is 2.03. The number of pyridine rings is 1. The molecule has 0 amide bonds. The van der Waals surface area contributed by atoms with E-state index in [0.717, 1.165) is 38.8 Å². The summed E-state index contributed by atoms with van der Waals surface area (Å²) < 4.78 is 16.4. The van der Waals surface area contributed by atoms with Crippen molar-refractivity contribution >= 4 is 39.6 Å². The minimum absolute atomic E-state index is 0.459. The van der Waals surface area contributed by atoms with E-state index in [1.165, 1.54) is 9.96 Å². The SMILES string of the molecule is [2H]C(C)(C)c1cc(-c2cccc3c2oc2cc(C(C)C)ccc23)nc[c]1[Ge]([CH3])([CH3])[CH3]. The Bertz CT molecular complexity index is 1240. The van der Waals surface area contributed by atoms with Gasteiger partial charge in [0, 0.05) is 0 Å². The summed E-state index contributed by atoms with van der Waals surface area (Å²) in [6, 6.07) is 14.9. The van der Waals surface area contributed by atoms with Gasteiger partial charge in [-0.3, -0.25) is 0 Å². The van der Waals surface area contributed by atoms with Gasteiger partial charge in [0.1, 0.15) is 0 Å². The zero-order valence-electron chi connectivity index (χ0n) is 19.6. The van der Waals surface area contributed by atoms with Gasteiger partial charge in [-0.15, -0.1) is 0 Å². The topological polar surface area (TPSA) is 26.0 Å². The molecule has 0 bridgehead atoms. The predicted octanol–water partition coefficient (Wildman–Crippen LogP) is 7.44. The number of aromatic nitrogens is 1. The Morgan fingerprint density at radius 1 is 0.966 bits per heavy atom. The first-order valence-electron chi connectivity index (χ1n) is 10.9. The van der Waals surface area contributed by atoms with Crippen LogP contribution in [-0.2, 0) is 0 Å². The Hall–Kier alpha value is -2.07. The first-order valence-corrected chi connectivity index (χ1v) is 17.8. The third-order valence-corrected chi connectivity index (χ3v) is 9.94. The van der Waals surface area contributed by atoms with Crippen molar-refractivity contribution in [3.05, 3.63) is 59.8 Å². The average Bonchev–Trinajstić information content (AvgIpc) is 3.04. The standard InChI is InChI=1S/C26H31GeNO/c1-16(2)18-11-12-19-20-9-8-10-21(26(20)29-25(19)13-18)24-14-22(17(3)4)23(15-28-24)27(5,6)7/h8-17H,1-7H3/i17D. The fraction of sp³-hybridized carbons (Fsp3) is 0.346. The number of benzene rings is 2. The molecule has 0 aliphatic heterocycles. The number of para-hydroxylation sites is 1. The maximum atomic E-state index is 8.75. The van der Waals surface area contributed by atoms with Crippen molar-refractivity contribution in [1.29, 1.82) is 0 Å². The van der Waals surface area contributed by atoms with Crippen LogP contribution in [0, 0.1) is 0 Å². The number of rotatable bonds is 4. The van der Waals surface area contributed by atoms with Crippen LogP contribution in [0.25, 0.3) is 33.2 Å². The van der Waals surface area contributed by atoms with E-state index in [4.69, 9.17) is 10.8 Å². The molecular formula is C26H31GeNO. The third kappa shape index (κ3) is 3.63. The van der Waals surface area contributed by atoms with E-state index in [1.54, 1.807) is 0 Å². The monoisotopic (exact) mass is 448 g/mol. The van der Waals surface area contributed by atoms with Gasteiger partial charge in [-0.25, -0.2) is 0 Å². The van der Waals surface area contributed by atoms with Crippen LogP contribution >= 0.6 is 0 Å². The van der Waals surface area contributed by atoms with Crippen LogP contribution in [0.5, 0.6) is 0 Å². The number of nitrogens with zero attached hydrogens (tertiary/aromatic N) is 1. The number of furan rings is 1. The molecule has 29 heavy (non-hydrogen) atoms. The van der Waals surface area contributed by atoms with E-state index in [1.807, 2.05) is 20.0 Å². The Balaban J connectivity index is 1.96. The molecular weight excluding hydrogens is 415 g/mol. The summed E-state index contributed by atoms with van der Waals surface area (Å²) in [5.74, 6) is 6.87. The summed E-state index contributed by atoms with van der Waals surface area (Å²) in [7, 11) is 0. The van der Waals surface area contributed by atoms with Crippen LogP contribution in [0.15, 0.2) is 53.1 Å². The molecule has 0 N–H and O–H groups in total. The number of fused-ring (bicyclic) bond motifs is 3. The van der Waals surface area contributed by atoms with E-state index in [-0.39, 0.29) is 0 Å². The molecule has 4 aromatic rings. The van der Waals surface area contributed by atoms with Gasteiger partial charge in [0.25, 0.3) is 0 Å². The van der Waals surface area contributed by atoms with Crippen LogP contribution in [-0.4, -0.2) is 18.3 Å². The second-order valence-electron chi connectivity index (χ2n) is 9.56. The average molecular weight is 447 g/mol. The van der Waals surface area contributed by atoms with Crippen molar-refractivity contribution in [1.82, 2.24) is 4.98 Å². The van der Waals surface area contributed by atoms with Gasteiger partial charge >= 0.3 is 178 Å². The Morgan fingerprint density at radius 2 is 1.72 bits per heavy atom. The molecule has 0 aliphatic carbocycles. The molecule has 0 spiro atoms. The minimum atomic E-state index is -2.15. The molecule has 0 unspecified atom stereocenters. The molecule has 4 rings (SSSR count). The summed E-state index contributed by atoms with van der Waals surface area (Å²) in [4.78, 5) is 4.86. The molecule has 2 heterocycles. The van der Waals surface area contributed by atoms with Gasteiger partial charge in [0.2, 0.25) is 0 Å². The molecule has 3 heteroatoms. The predicted molar refractivity (Wildman–Crippen MR) is 128 cm³/mol. The molecule has 0 saturated carbocycles. The molecule has 0 aliphatic rings. The third-order valence-electron chi connectivity index (χ3n) is 5.72. The normalized spacial score (nSPS) is 13.4. The summed E-state index contributed by atoms with van der Waals surface area (Å²) >= 11 is -2.15. The molecule has 2 nitrogen and oxygen atoms in total. The number of hydrogen-bond acceptors (Lipinski definition) is 2. The molecule has 0 saturated heterocycles. The first kappa shape index (κ1) is 18.9. The second kappa shape index (κ2) is 7.32. The zero-order chi connectivity index (χ0) is 21.8. The molecule has 0 radical (unpaired) electrons.